The summed E-state index contributed by atoms with van der Waals surface area (Å²) in [5.74, 6) is 0.106. The van der Waals surface area contributed by atoms with E-state index in [2.05, 4.69) is 15.4 Å². The number of benzene rings is 1. The van der Waals surface area contributed by atoms with E-state index in [-0.39, 0.29) is 17.6 Å². The van der Waals surface area contributed by atoms with Crippen molar-refractivity contribution in [2.75, 3.05) is 25.6 Å². The minimum atomic E-state index is -0.403. The van der Waals surface area contributed by atoms with Crippen molar-refractivity contribution in [2.45, 2.75) is 19.1 Å². The number of carbonyl (C=O) groups excluding carboxylic acids is 1. The van der Waals surface area contributed by atoms with Gasteiger partial charge in [0.2, 0.25) is 5.91 Å². The summed E-state index contributed by atoms with van der Waals surface area (Å²) >= 11 is 0. The Labute approximate surface area is 174 Å². The molecule has 3 aromatic rings. The summed E-state index contributed by atoms with van der Waals surface area (Å²) in [7, 11) is 3.86. The second kappa shape index (κ2) is 8.62. The monoisotopic (exact) mass is 409 g/mol. The number of aromatic nitrogens is 3. The third-order valence-electron chi connectivity index (χ3n) is 5.19. The molecule has 30 heavy (non-hydrogen) atoms. The summed E-state index contributed by atoms with van der Waals surface area (Å²) in [5.41, 5.74) is 2.04. The zero-order valence-corrected chi connectivity index (χ0v) is 17.0. The average molecular weight is 409 g/mol. The fraction of sp³-hybridized carbons (Fsp3) is 0.318. The van der Waals surface area contributed by atoms with E-state index in [0.717, 1.165) is 16.9 Å². The van der Waals surface area contributed by atoms with Gasteiger partial charge in [-0.1, -0.05) is 18.2 Å². The van der Waals surface area contributed by atoms with Gasteiger partial charge in [0, 0.05) is 45.2 Å². The van der Waals surface area contributed by atoms with Crippen LogP contribution in [0.4, 0.5) is 10.2 Å². The molecule has 2 atom stereocenters. The van der Waals surface area contributed by atoms with Gasteiger partial charge in [0.15, 0.2) is 0 Å². The van der Waals surface area contributed by atoms with Crippen LogP contribution in [0.3, 0.4) is 0 Å². The first kappa shape index (κ1) is 20.0. The van der Waals surface area contributed by atoms with E-state index in [1.165, 1.54) is 10.7 Å². The molecule has 1 fully saturated rings. The molecule has 0 aliphatic carbocycles. The number of ether oxygens (including phenoxy) is 1. The van der Waals surface area contributed by atoms with Crippen LogP contribution in [0.25, 0.3) is 5.69 Å². The Bertz CT molecular complexity index is 1020. The Morgan fingerprint density at radius 2 is 2.10 bits per heavy atom. The molecular weight excluding hydrogens is 385 g/mol. The second-order valence-corrected chi connectivity index (χ2v) is 7.49. The number of nitrogens with one attached hydrogen (secondary N) is 1. The lowest BCUT2D eigenvalue weighted by molar-refractivity contribution is -0.126. The van der Waals surface area contributed by atoms with Crippen LogP contribution in [0.15, 0.2) is 55.0 Å². The molecule has 4 rings (SSSR count). The van der Waals surface area contributed by atoms with E-state index >= 15 is 0 Å². The minimum absolute atomic E-state index is 0.0761. The maximum absolute atomic E-state index is 14.0. The number of anilines is 1. The van der Waals surface area contributed by atoms with Crippen LogP contribution in [0.2, 0.25) is 0 Å². The van der Waals surface area contributed by atoms with E-state index in [9.17, 15) is 9.18 Å². The van der Waals surface area contributed by atoms with Crippen molar-refractivity contribution in [3.8, 4) is 5.69 Å². The quantitative estimate of drug-likeness (QED) is 0.678. The van der Waals surface area contributed by atoms with Gasteiger partial charge in [-0.05, 0) is 30.2 Å². The summed E-state index contributed by atoms with van der Waals surface area (Å²) in [6, 6.07) is 10.3. The molecule has 0 unspecified atom stereocenters. The number of halogens is 1. The highest BCUT2D eigenvalue weighted by atomic mass is 19.1. The number of hydrogen-bond acceptors (Lipinski definition) is 5. The SMILES string of the molecule is CN(C)c1ccc(CNC(=O)[C@H]2CCO[C@@H]2c2cnn(-c3ccccc3F)c2)cn1. The fourth-order valence-corrected chi connectivity index (χ4v) is 3.55. The van der Waals surface area contributed by atoms with E-state index < -0.39 is 6.10 Å². The standard InChI is InChI=1S/C22H24FN5O2/c1-27(2)20-8-7-15(11-24-20)12-25-22(29)17-9-10-30-21(17)16-13-26-28(14-16)19-6-4-3-5-18(19)23/h3-8,11,13-14,17,21H,9-10,12H2,1-2H3,(H,25,29)/t17-,21+/m0/s1. The number of carbonyl (C=O) groups is 1. The molecule has 2 aromatic heterocycles. The maximum atomic E-state index is 14.0. The van der Waals surface area contributed by atoms with Crippen molar-refractivity contribution >= 4 is 11.7 Å². The molecule has 1 aliphatic heterocycles. The van der Waals surface area contributed by atoms with Gasteiger partial charge in [0.25, 0.3) is 0 Å². The number of para-hydroxylation sites is 1. The molecule has 7 nitrogen and oxygen atoms in total. The lowest BCUT2D eigenvalue weighted by Gasteiger charge is -2.17. The lowest BCUT2D eigenvalue weighted by Crippen LogP contribution is -2.31. The zero-order chi connectivity index (χ0) is 21.1. The highest BCUT2D eigenvalue weighted by Gasteiger charge is 2.36. The van der Waals surface area contributed by atoms with Crippen molar-refractivity contribution in [2.24, 2.45) is 5.92 Å². The molecule has 1 aliphatic rings. The summed E-state index contributed by atoms with van der Waals surface area (Å²) < 4.78 is 21.3. The molecule has 8 heteroatoms. The van der Waals surface area contributed by atoms with Crippen LogP contribution in [-0.2, 0) is 16.1 Å². The molecule has 1 N–H and O–H groups in total. The molecular formula is C22H24FN5O2. The Morgan fingerprint density at radius 3 is 2.83 bits per heavy atom. The van der Waals surface area contributed by atoms with Crippen LogP contribution in [0, 0.1) is 11.7 Å². The van der Waals surface area contributed by atoms with Gasteiger partial charge < -0.3 is 15.0 Å². The van der Waals surface area contributed by atoms with Crippen molar-refractivity contribution in [3.63, 3.8) is 0 Å². The van der Waals surface area contributed by atoms with Crippen LogP contribution >= 0.6 is 0 Å². The third kappa shape index (κ3) is 4.18. The van der Waals surface area contributed by atoms with Crippen LogP contribution in [0.1, 0.15) is 23.7 Å². The normalized spacial score (nSPS) is 18.4. The lowest BCUT2D eigenvalue weighted by atomic mass is 9.96. The van der Waals surface area contributed by atoms with Gasteiger partial charge in [-0.15, -0.1) is 0 Å². The maximum Gasteiger partial charge on any atom is 0.226 e. The van der Waals surface area contributed by atoms with Gasteiger partial charge in [-0.3, -0.25) is 4.79 Å². The Morgan fingerprint density at radius 1 is 1.27 bits per heavy atom. The van der Waals surface area contributed by atoms with Crippen LogP contribution in [0.5, 0.6) is 0 Å². The van der Waals surface area contributed by atoms with Crippen molar-refractivity contribution in [1.82, 2.24) is 20.1 Å². The first-order chi connectivity index (χ1) is 14.5. The van der Waals surface area contributed by atoms with E-state index in [1.54, 1.807) is 36.8 Å². The number of nitrogens with zero attached hydrogens (tertiary/aromatic N) is 4. The van der Waals surface area contributed by atoms with E-state index in [0.29, 0.717) is 25.3 Å². The highest BCUT2D eigenvalue weighted by Crippen LogP contribution is 2.35. The van der Waals surface area contributed by atoms with E-state index in [1.807, 2.05) is 31.1 Å². The minimum Gasteiger partial charge on any atom is -0.373 e. The molecule has 0 saturated carbocycles. The molecule has 0 bridgehead atoms. The summed E-state index contributed by atoms with van der Waals surface area (Å²) in [6.07, 6.45) is 5.33. The molecule has 0 spiro atoms. The van der Waals surface area contributed by atoms with Gasteiger partial charge in [0.1, 0.15) is 17.3 Å². The smallest absolute Gasteiger partial charge is 0.226 e. The topological polar surface area (TPSA) is 72.3 Å². The summed E-state index contributed by atoms with van der Waals surface area (Å²) in [4.78, 5) is 19.1. The largest absolute Gasteiger partial charge is 0.373 e. The average Bonchev–Trinajstić information content (AvgIpc) is 3.42. The Balaban J connectivity index is 1.42. The molecule has 1 saturated heterocycles. The highest BCUT2D eigenvalue weighted by molar-refractivity contribution is 5.79. The Hall–Kier alpha value is -3.26. The molecule has 1 amide bonds. The predicted molar refractivity (Wildman–Crippen MR) is 111 cm³/mol. The number of amides is 1. The third-order valence-corrected chi connectivity index (χ3v) is 5.19. The van der Waals surface area contributed by atoms with Crippen LogP contribution in [-0.4, -0.2) is 41.4 Å². The van der Waals surface area contributed by atoms with Crippen molar-refractivity contribution in [1.29, 1.82) is 0 Å². The molecule has 0 radical (unpaired) electrons. The zero-order valence-electron chi connectivity index (χ0n) is 17.0. The van der Waals surface area contributed by atoms with Gasteiger partial charge in [-0.25, -0.2) is 14.1 Å². The molecule has 156 valence electrons. The molecule has 3 heterocycles. The molecule has 1 aromatic carbocycles. The van der Waals surface area contributed by atoms with Gasteiger partial charge in [0.05, 0.1) is 18.2 Å². The first-order valence-electron chi connectivity index (χ1n) is 9.84. The number of pyridine rings is 1. The van der Waals surface area contributed by atoms with Crippen molar-refractivity contribution in [3.05, 3.63) is 71.9 Å². The predicted octanol–water partition coefficient (Wildman–Crippen LogP) is 2.87. The second-order valence-electron chi connectivity index (χ2n) is 7.49. The van der Waals surface area contributed by atoms with Crippen LogP contribution < -0.4 is 10.2 Å². The fourth-order valence-electron chi connectivity index (χ4n) is 3.55. The summed E-state index contributed by atoms with van der Waals surface area (Å²) in [6.45, 7) is 0.893. The van der Waals surface area contributed by atoms with Crippen molar-refractivity contribution < 1.29 is 13.9 Å². The first-order valence-corrected chi connectivity index (χ1v) is 9.84. The Kier molecular flexibility index (Phi) is 5.76. The summed E-state index contributed by atoms with van der Waals surface area (Å²) in [5, 5.41) is 7.23. The van der Waals surface area contributed by atoms with E-state index in [4.69, 9.17) is 4.74 Å². The number of rotatable bonds is 6. The van der Waals surface area contributed by atoms with Gasteiger partial charge in [-0.2, -0.15) is 5.10 Å². The van der Waals surface area contributed by atoms with Gasteiger partial charge >= 0.3 is 0 Å². The number of hydrogen-bond donors (Lipinski definition) is 1.